The molecule has 1 aromatic rings. The normalized spacial score (nSPS) is 22.0. The minimum absolute atomic E-state index is 0.0921. The fourth-order valence-electron chi connectivity index (χ4n) is 3.93. The smallest absolute Gasteiger partial charge is 0.317 e. The third kappa shape index (κ3) is 3.52. The van der Waals surface area contributed by atoms with Gasteiger partial charge in [0.2, 0.25) is 0 Å². The Morgan fingerprint density at radius 1 is 1.26 bits per heavy atom. The fraction of sp³-hybridized carbons (Fsp3) is 0.765. The second kappa shape index (κ2) is 6.91. The molecule has 128 valence electrons. The molecule has 0 spiro atoms. The maximum absolute atomic E-state index is 12.4. The highest BCUT2D eigenvalue weighted by atomic mass is 16.2. The number of fused-ring (bicyclic) bond motifs is 1. The topological polar surface area (TPSA) is 53.4 Å². The van der Waals surface area contributed by atoms with E-state index in [0.29, 0.717) is 12.6 Å². The summed E-state index contributed by atoms with van der Waals surface area (Å²) >= 11 is 0. The maximum Gasteiger partial charge on any atom is 0.317 e. The van der Waals surface area contributed by atoms with E-state index in [1.807, 2.05) is 23.6 Å². The molecule has 1 aromatic heterocycles. The number of carbonyl (C=O) groups is 1. The van der Waals surface area contributed by atoms with E-state index in [9.17, 15) is 4.79 Å². The second-order valence-electron chi connectivity index (χ2n) is 6.89. The molecule has 2 fully saturated rings. The van der Waals surface area contributed by atoms with Crippen LogP contribution in [0.3, 0.4) is 0 Å². The van der Waals surface area contributed by atoms with Crippen molar-refractivity contribution >= 4 is 6.03 Å². The molecule has 1 N–H and O–H groups in total. The molecular formula is C17H29N5O. The molecule has 23 heavy (non-hydrogen) atoms. The Morgan fingerprint density at radius 2 is 2.09 bits per heavy atom. The van der Waals surface area contributed by atoms with Crippen LogP contribution in [-0.2, 0) is 13.5 Å². The Morgan fingerprint density at radius 3 is 2.83 bits per heavy atom. The van der Waals surface area contributed by atoms with Crippen LogP contribution in [0.25, 0.3) is 0 Å². The van der Waals surface area contributed by atoms with Crippen molar-refractivity contribution in [3.05, 3.63) is 17.0 Å². The molecule has 2 aliphatic rings. The number of aromatic nitrogens is 2. The van der Waals surface area contributed by atoms with Crippen molar-refractivity contribution in [1.82, 2.24) is 24.9 Å². The predicted octanol–water partition coefficient (Wildman–Crippen LogP) is 1.46. The summed E-state index contributed by atoms with van der Waals surface area (Å²) < 4.78 is 1.91. The van der Waals surface area contributed by atoms with Crippen molar-refractivity contribution in [3.8, 4) is 0 Å². The number of urea groups is 1. The first-order chi connectivity index (χ1) is 11.1. The number of hydrogen-bond donors (Lipinski definition) is 1. The molecule has 0 unspecified atom stereocenters. The highest BCUT2D eigenvalue weighted by Crippen LogP contribution is 2.21. The molecule has 2 aliphatic heterocycles. The zero-order valence-electron chi connectivity index (χ0n) is 14.6. The highest BCUT2D eigenvalue weighted by molar-refractivity contribution is 5.74. The minimum Gasteiger partial charge on any atom is -0.338 e. The van der Waals surface area contributed by atoms with Crippen molar-refractivity contribution in [2.24, 2.45) is 7.05 Å². The zero-order valence-corrected chi connectivity index (χ0v) is 14.6. The van der Waals surface area contributed by atoms with Gasteiger partial charge in [-0.05, 0) is 45.2 Å². The van der Waals surface area contributed by atoms with Gasteiger partial charge in [-0.25, -0.2) is 4.79 Å². The highest BCUT2D eigenvalue weighted by Gasteiger charge is 2.30. The molecular weight excluding hydrogens is 290 g/mol. The van der Waals surface area contributed by atoms with Crippen LogP contribution in [0.1, 0.15) is 36.2 Å². The van der Waals surface area contributed by atoms with E-state index >= 15 is 0 Å². The zero-order chi connectivity index (χ0) is 16.4. The minimum atomic E-state index is 0.0921. The van der Waals surface area contributed by atoms with Gasteiger partial charge >= 0.3 is 6.03 Å². The second-order valence-corrected chi connectivity index (χ2v) is 6.89. The Balaban J connectivity index is 1.48. The summed E-state index contributed by atoms with van der Waals surface area (Å²) in [5.74, 6) is 0. The molecule has 0 aliphatic carbocycles. The number of piperidine rings is 1. The molecule has 2 saturated heterocycles. The van der Waals surface area contributed by atoms with Gasteiger partial charge in [0.1, 0.15) is 0 Å². The summed E-state index contributed by atoms with van der Waals surface area (Å²) in [4.78, 5) is 17.0. The van der Waals surface area contributed by atoms with Crippen molar-refractivity contribution < 1.29 is 4.79 Å². The number of hydrogen-bond acceptors (Lipinski definition) is 3. The molecule has 0 radical (unpaired) electrons. The lowest BCUT2D eigenvalue weighted by Crippen LogP contribution is -2.58. The number of amides is 2. The van der Waals surface area contributed by atoms with Gasteiger partial charge in [-0.1, -0.05) is 6.42 Å². The molecule has 6 heteroatoms. The third-order valence-corrected chi connectivity index (χ3v) is 5.43. The van der Waals surface area contributed by atoms with E-state index in [2.05, 4.69) is 22.2 Å². The number of piperazine rings is 1. The molecule has 0 aromatic carbocycles. The number of nitrogens with one attached hydrogen (secondary N) is 1. The average Bonchev–Trinajstić information content (AvgIpc) is 2.80. The summed E-state index contributed by atoms with van der Waals surface area (Å²) in [6.07, 6.45) is 4.70. The molecule has 6 nitrogen and oxygen atoms in total. The Kier molecular flexibility index (Phi) is 4.90. The van der Waals surface area contributed by atoms with Crippen LogP contribution in [0.5, 0.6) is 0 Å². The largest absolute Gasteiger partial charge is 0.338 e. The molecule has 3 rings (SSSR count). The van der Waals surface area contributed by atoms with E-state index < -0.39 is 0 Å². The number of carbonyl (C=O) groups excluding carboxylic acids is 1. The molecule has 0 bridgehead atoms. The van der Waals surface area contributed by atoms with Crippen LogP contribution >= 0.6 is 0 Å². The van der Waals surface area contributed by atoms with Crippen LogP contribution in [0.15, 0.2) is 0 Å². The van der Waals surface area contributed by atoms with E-state index in [1.165, 1.54) is 37.1 Å². The van der Waals surface area contributed by atoms with Crippen molar-refractivity contribution in [3.63, 3.8) is 0 Å². The summed E-state index contributed by atoms with van der Waals surface area (Å²) in [6.45, 7) is 8.77. The maximum atomic E-state index is 12.4. The van der Waals surface area contributed by atoms with Crippen molar-refractivity contribution in [1.29, 1.82) is 0 Å². The Labute approximate surface area is 138 Å². The molecule has 0 saturated carbocycles. The quantitative estimate of drug-likeness (QED) is 0.918. The summed E-state index contributed by atoms with van der Waals surface area (Å²) in [5, 5.41) is 7.52. The first kappa shape index (κ1) is 16.3. The van der Waals surface area contributed by atoms with E-state index in [4.69, 9.17) is 0 Å². The van der Waals surface area contributed by atoms with E-state index in [0.717, 1.165) is 31.7 Å². The molecule has 3 heterocycles. The van der Waals surface area contributed by atoms with Gasteiger partial charge in [0.25, 0.3) is 0 Å². The van der Waals surface area contributed by atoms with Gasteiger partial charge in [-0.2, -0.15) is 5.10 Å². The lowest BCUT2D eigenvalue weighted by atomic mass is 10.00. The van der Waals surface area contributed by atoms with Gasteiger partial charge in [-0.15, -0.1) is 0 Å². The van der Waals surface area contributed by atoms with Gasteiger partial charge in [-0.3, -0.25) is 9.58 Å². The monoisotopic (exact) mass is 319 g/mol. The number of nitrogens with zero attached hydrogens (tertiary/aromatic N) is 4. The van der Waals surface area contributed by atoms with Crippen LogP contribution in [0.2, 0.25) is 0 Å². The lowest BCUT2D eigenvalue weighted by Gasteiger charge is -2.43. The summed E-state index contributed by atoms with van der Waals surface area (Å²) in [5.41, 5.74) is 3.51. The van der Waals surface area contributed by atoms with Gasteiger partial charge < -0.3 is 10.2 Å². The molecule has 1 atom stereocenters. The van der Waals surface area contributed by atoms with Gasteiger partial charge in [0, 0.05) is 45.0 Å². The fourth-order valence-corrected chi connectivity index (χ4v) is 3.93. The SMILES string of the molecule is Cc1nn(C)c(C)c1CCNC(=O)N1CCN2CCCC[C@H]2C1. The van der Waals surface area contributed by atoms with E-state index in [-0.39, 0.29) is 6.03 Å². The average molecular weight is 319 g/mol. The van der Waals surface area contributed by atoms with Gasteiger partial charge in [0.05, 0.1) is 5.69 Å². The van der Waals surface area contributed by atoms with E-state index in [1.54, 1.807) is 0 Å². The first-order valence-electron chi connectivity index (χ1n) is 8.82. The van der Waals surface area contributed by atoms with Crippen LogP contribution in [0, 0.1) is 13.8 Å². The number of aryl methyl sites for hydroxylation is 2. The summed E-state index contributed by atoms with van der Waals surface area (Å²) in [7, 11) is 1.97. The standard InChI is InChI=1S/C17H29N5O/c1-13-16(14(2)20(3)19-13)7-8-18-17(23)22-11-10-21-9-5-4-6-15(21)12-22/h15H,4-12H2,1-3H3,(H,18,23)/t15-/m0/s1. The van der Waals surface area contributed by atoms with Crippen molar-refractivity contribution in [2.75, 3.05) is 32.7 Å². The van der Waals surface area contributed by atoms with Crippen LogP contribution < -0.4 is 5.32 Å². The molecule has 2 amide bonds. The first-order valence-corrected chi connectivity index (χ1v) is 8.82. The third-order valence-electron chi connectivity index (χ3n) is 5.43. The van der Waals surface area contributed by atoms with Crippen LogP contribution in [0.4, 0.5) is 4.79 Å². The van der Waals surface area contributed by atoms with Crippen molar-refractivity contribution in [2.45, 2.75) is 45.6 Å². The number of rotatable bonds is 3. The van der Waals surface area contributed by atoms with Crippen LogP contribution in [-0.4, -0.2) is 64.4 Å². The lowest BCUT2D eigenvalue weighted by molar-refractivity contribution is 0.0644. The predicted molar refractivity (Wildman–Crippen MR) is 90.6 cm³/mol. The van der Waals surface area contributed by atoms with Gasteiger partial charge in [0.15, 0.2) is 0 Å². The Bertz CT molecular complexity index is 568. The summed E-state index contributed by atoms with van der Waals surface area (Å²) in [6, 6.07) is 0.667. The Hall–Kier alpha value is -1.56.